The summed E-state index contributed by atoms with van der Waals surface area (Å²) in [5.41, 5.74) is 6.05. The van der Waals surface area contributed by atoms with Crippen molar-refractivity contribution in [3.05, 3.63) is 331 Å². The summed E-state index contributed by atoms with van der Waals surface area (Å²) in [6.45, 7) is 0. The third kappa shape index (κ3) is 10.8. The lowest BCUT2D eigenvalue weighted by atomic mass is 10.0. The molecular weight excluding hydrogens is 1360 g/mol. The summed E-state index contributed by atoms with van der Waals surface area (Å²) >= 11 is 0. The van der Waals surface area contributed by atoms with Gasteiger partial charge in [-0.25, -0.2) is 49.1 Å². The average Bonchev–Trinajstić information content (AvgIpc) is 1.57. The van der Waals surface area contributed by atoms with Gasteiger partial charge in [-0.1, -0.05) is 97.2 Å². The highest BCUT2D eigenvalue weighted by molar-refractivity contribution is 6.07. The number of allylic oxidation sites excluding steroid dienone is 16. The number of rotatable bonds is 12. The Morgan fingerprint density at radius 3 is 0.806 bits per heavy atom. The van der Waals surface area contributed by atoms with Gasteiger partial charge >= 0.3 is 22.5 Å². The Hall–Kier alpha value is -14.9. The van der Waals surface area contributed by atoms with Crippen LogP contribution in [-0.2, 0) is 0 Å². The fourth-order valence-electron chi connectivity index (χ4n) is 14.7. The van der Waals surface area contributed by atoms with Gasteiger partial charge in [0, 0.05) is 111 Å². The maximum absolute atomic E-state index is 13.2. The van der Waals surface area contributed by atoms with E-state index in [0.29, 0.717) is 190 Å². The molecule has 2 N–H and O–H groups in total. The first-order chi connectivity index (χ1) is 53.0. The number of hydrogen-bond donors (Lipinski definition) is 2. The first-order valence-electron chi connectivity index (χ1n) is 34.8. The van der Waals surface area contributed by atoms with Crippen molar-refractivity contribution in [2.45, 2.75) is 23.7 Å². The van der Waals surface area contributed by atoms with Crippen LogP contribution in [-0.4, -0.2) is 39.9 Å². The molecule has 20 nitrogen and oxygen atoms in total. The third-order valence-corrected chi connectivity index (χ3v) is 20.0. The number of aromatic nitrogens is 8. The van der Waals surface area contributed by atoms with Crippen molar-refractivity contribution in [1.82, 2.24) is 39.9 Å². The molecule has 6 aliphatic rings. The smallest absolute Gasteiger partial charge is 0.340 e. The second kappa shape index (κ2) is 24.4. The molecule has 4 aliphatic carbocycles. The lowest BCUT2D eigenvalue weighted by molar-refractivity contribution is 0.482. The van der Waals surface area contributed by atoms with Gasteiger partial charge in [0.15, 0.2) is 23.3 Å². The molecule has 514 valence electrons. The van der Waals surface area contributed by atoms with Gasteiger partial charge in [0.05, 0.1) is 0 Å². The molecule has 0 fully saturated rings. The normalized spacial score (nSPS) is 14.4. The van der Waals surface area contributed by atoms with Crippen LogP contribution in [0.15, 0.2) is 304 Å². The molecule has 0 spiro atoms. The molecule has 9 heterocycles. The topological polar surface area (TPSA) is 267 Å². The molecular formula is C88H50N8O12. The fourth-order valence-corrected chi connectivity index (χ4v) is 14.7. The third-order valence-electron chi connectivity index (χ3n) is 20.0. The van der Waals surface area contributed by atoms with E-state index in [0.717, 1.165) is 0 Å². The van der Waals surface area contributed by atoms with E-state index >= 15 is 0 Å². The lowest BCUT2D eigenvalue weighted by Crippen LogP contribution is -2.09. The molecule has 7 aromatic heterocycles. The van der Waals surface area contributed by atoms with Crippen molar-refractivity contribution in [2.24, 2.45) is 0 Å². The Morgan fingerprint density at radius 2 is 0.500 bits per heavy atom. The van der Waals surface area contributed by atoms with Gasteiger partial charge in [-0.15, -0.1) is 0 Å². The number of ether oxygens (including phenoxy) is 4. The molecule has 8 aromatic carbocycles. The van der Waals surface area contributed by atoms with Crippen LogP contribution in [0.25, 0.3) is 134 Å². The molecule has 0 radical (unpaired) electrons. The summed E-state index contributed by atoms with van der Waals surface area (Å²) in [5, 5.41) is 5.29. The Balaban J connectivity index is 0.740. The largest absolute Gasteiger partial charge is 0.457 e. The predicted molar refractivity (Wildman–Crippen MR) is 410 cm³/mol. The van der Waals surface area contributed by atoms with E-state index in [1.807, 2.05) is 219 Å². The van der Waals surface area contributed by atoms with E-state index in [1.165, 1.54) is 0 Å². The molecule has 108 heavy (non-hydrogen) atoms. The molecule has 0 saturated heterocycles. The van der Waals surface area contributed by atoms with E-state index in [4.69, 9.17) is 66.5 Å². The van der Waals surface area contributed by atoms with Crippen molar-refractivity contribution in [1.29, 1.82) is 0 Å². The van der Waals surface area contributed by atoms with Gasteiger partial charge in [0.1, 0.15) is 90.9 Å². The van der Waals surface area contributed by atoms with Gasteiger partial charge in [0.25, 0.3) is 0 Å². The minimum absolute atomic E-state index is 0.211. The molecule has 2 aliphatic heterocycles. The van der Waals surface area contributed by atoms with Crippen molar-refractivity contribution < 1.29 is 36.6 Å². The Labute approximate surface area is 607 Å². The molecule has 8 bridgehead atoms. The molecule has 21 rings (SSSR count). The van der Waals surface area contributed by atoms with Crippen LogP contribution in [0.4, 0.5) is 0 Å². The zero-order valence-corrected chi connectivity index (χ0v) is 56.3. The van der Waals surface area contributed by atoms with Crippen LogP contribution < -0.4 is 41.4 Å². The Bertz CT molecular complexity index is 6770. The van der Waals surface area contributed by atoms with Gasteiger partial charge < -0.3 is 46.6 Å². The zero-order chi connectivity index (χ0) is 71.8. The summed E-state index contributed by atoms with van der Waals surface area (Å²) < 4.78 is 49.9. The van der Waals surface area contributed by atoms with Gasteiger partial charge in [-0.3, -0.25) is 0 Å². The second-order valence-corrected chi connectivity index (χ2v) is 26.8. The Morgan fingerprint density at radius 1 is 0.250 bits per heavy atom. The van der Waals surface area contributed by atoms with Crippen LogP contribution in [0, 0.1) is 0 Å². The molecule has 15 aromatic rings. The van der Waals surface area contributed by atoms with E-state index < -0.39 is 22.5 Å². The van der Waals surface area contributed by atoms with E-state index in [2.05, 4.69) is 9.97 Å². The number of nitrogens with zero attached hydrogens (tertiary/aromatic N) is 6. The summed E-state index contributed by atoms with van der Waals surface area (Å²) in [6.07, 6.45) is 30.8. The van der Waals surface area contributed by atoms with Crippen LogP contribution >= 0.6 is 0 Å². The van der Waals surface area contributed by atoms with Crippen molar-refractivity contribution in [2.75, 3.05) is 0 Å². The minimum atomic E-state index is -0.409. The summed E-state index contributed by atoms with van der Waals surface area (Å²) in [5.74, 6) is 4.14. The molecule has 0 amide bonds. The van der Waals surface area contributed by atoms with Crippen LogP contribution in [0.2, 0.25) is 0 Å². The van der Waals surface area contributed by atoms with Crippen LogP contribution in [0.5, 0.6) is 46.0 Å². The maximum atomic E-state index is 13.2. The summed E-state index contributed by atoms with van der Waals surface area (Å²) in [4.78, 5) is 91.8. The predicted octanol–water partition coefficient (Wildman–Crippen LogP) is 19.3. The quantitative estimate of drug-likeness (QED) is 0.108. The minimum Gasteiger partial charge on any atom is -0.457 e. The first kappa shape index (κ1) is 61.7. The zero-order valence-electron chi connectivity index (χ0n) is 56.3. The highest BCUT2D eigenvalue weighted by Crippen LogP contribution is 2.44. The SMILES string of the molecule is O=c1oc2ccc(Oc3ccc4c(c3)-c3nc-4nc4[nH]c(nc5nc(nc6[nH]c(n3)c3ccc(Oc7ccc8oc(=O)c(C9C=CC=C9)cc8c7)cc63)-c3ccc(Oc6ccc7oc(=O)c(C8C=CC=C8)cc7c6)cc3-5)c3ccc(Oc5ccc6oc(=O)c(C7C=CC=C7)cc6c5)cc43)cc2cc1C1C=CC=C1. The number of nitrogens with one attached hydrogen (secondary N) is 2. The van der Waals surface area contributed by atoms with Crippen molar-refractivity contribution >= 4 is 88.0 Å². The summed E-state index contributed by atoms with van der Waals surface area (Å²) in [7, 11) is 0. The number of H-pyrrole nitrogens is 2. The van der Waals surface area contributed by atoms with Gasteiger partial charge in [-0.2, -0.15) is 0 Å². The van der Waals surface area contributed by atoms with Gasteiger partial charge in [0.2, 0.25) is 0 Å². The van der Waals surface area contributed by atoms with Crippen LogP contribution in [0.3, 0.4) is 0 Å². The standard InChI is InChI=1S/C88H50N8O12/c97-85-65(45-9-1-2-10-45)37-49-33-53(21-29-73(49)105-85)101-57-17-25-61-69(41-57)81-89-77(61)94-82-71-43-59(103-55-23-31-75-51(35-55)39-67(87(99)107-75)47-13-5-6-14-47)19-27-63(71)79(91-82)96-84-72-44-60(104-56-24-32-76-52(36-56)40-68(88(100)108-76)48-15-7-8-16-48)20-28-64(72)80(92-84)95-83-70-42-58(18-26-62(70)78(90-83)93-81)102-54-22-30-74-50(34-54)38-66(86(98)106-74)46-11-3-4-12-46/h1-48H,(H2,89,90,91,92,93,94,95,96). The maximum Gasteiger partial charge on any atom is 0.340 e. The van der Waals surface area contributed by atoms with Crippen LogP contribution in [0.1, 0.15) is 45.9 Å². The molecule has 20 heteroatoms. The number of hydrogen-bond acceptors (Lipinski definition) is 18. The first-order valence-corrected chi connectivity index (χ1v) is 34.8. The molecule has 0 unspecified atom stereocenters. The number of fused-ring (bicyclic) bond motifs is 24. The van der Waals surface area contributed by atoms with E-state index in [-0.39, 0.29) is 35.3 Å². The number of benzene rings is 8. The highest BCUT2D eigenvalue weighted by Gasteiger charge is 2.27. The highest BCUT2D eigenvalue weighted by atomic mass is 16.5. The average molecular weight is 1410 g/mol. The van der Waals surface area contributed by atoms with E-state index in [9.17, 15) is 19.2 Å². The second-order valence-electron chi connectivity index (χ2n) is 26.8. The van der Waals surface area contributed by atoms with E-state index in [1.54, 1.807) is 48.5 Å². The van der Waals surface area contributed by atoms with Gasteiger partial charge in [-0.05, 0) is 170 Å². The van der Waals surface area contributed by atoms with Crippen molar-refractivity contribution in [3.8, 4) is 91.5 Å². The van der Waals surface area contributed by atoms with Crippen molar-refractivity contribution in [3.63, 3.8) is 0 Å². The lowest BCUT2D eigenvalue weighted by Gasteiger charge is -2.10. The monoisotopic (exact) mass is 1410 g/mol. The number of aromatic amines is 2. The molecule has 0 atom stereocenters. The molecule has 0 saturated carbocycles. The fraction of sp³-hybridized carbons (Fsp3) is 0.0455. The summed E-state index contributed by atoms with van der Waals surface area (Å²) in [6, 6.07) is 51.0. The Kier molecular flexibility index (Phi) is 13.9.